The lowest BCUT2D eigenvalue weighted by Gasteiger charge is -2.10. The summed E-state index contributed by atoms with van der Waals surface area (Å²) in [6, 6.07) is 11.8. The summed E-state index contributed by atoms with van der Waals surface area (Å²) >= 11 is 0. The van der Waals surface area contributed by atoms with Gasteiger partial charge in [-0.3, -0.25) is 9.11 Å². The van der Waals surface area contributed by atoms with Crippen molar-refractivity contribution in [2.75, 3.05) is 0 Å². The van der Waals surface area contributed by atoms with Crippen molar-refractivity contribution in [1.29, 1.82) is 0 Å². The van der Waals surface area contributed by atoms with E-state index >= 15 is 0 Å². The highest BCUT2D eigenvalue weighted by Gasteiger charge is 2.17. The molecule has 0 saturated carbocycles. The average molecular weight is 447 g/mol. The monoisotopic (exact) mass is 446 g/mol. The maximum absolute atomic E-state index is 11.2. The first-order chi connectivity index (χ1) is 14.0. The van der Waals surface area contributed by atoms with Gasteiger partial charge in [-0.15, -0.1) is 0 Å². The van der Waals surface area contributed by atoms with E-state index in [0.717, 1.165) is 22.4 Å². The standard InChI is InChI=1S/C21H19NO6S2/c1-16-2-8-19(9-3-16)22(14-17-4-10-20(11-5-17)29(23,24)25)15-18-6-12-21(13-7-18)30(26,27)28/h2-13H,1,14-15H2,(H-,23,24,25,26,27,28)/p+1. The number of benzene rings is 2. The van der Waals surface area contributed by atoms with Gasteiger partial charge in [0, 0.05) is 23.3 Å². The van der Waals surface area contributed by atoms with Crippen molar-refractivity contribution in [1.82, 2.24) is 0 Å². The van der Waals surface area contributed by atoms with Crippen molar-refractivity contribution in [3.8, 4) is 0 Å². The molecule has 1 aliphatic carbocycles. The molecule has 0 unspecified atom stereocenters. The van der Waals surface area contributed by atoms with Crippen molar-refractivity contribution in [3.05, 3.63) is 96.1 Å². The van der Waals surface area contributed by atoms with Crippen molar-refractivity contribution >= 4 is 25.9 Å². The van der Waals surface area contributed by atoms with Crippen LogP contribution in [0.2, 0.25) is 0 Å². The first-order valence-corrected chi connectivity index (χ1v) is 11.7. The quantitative estimate of drug-likeness (QED) is 0.521. The molecule has 0 saturated heterocycles. The molecule has 30 heavy (non-hydrogen) atoms. The zero-order chi connectivity index (χ0) is 21.9. The minimum Gasteiger partial charge on any atom is -0.282 e. The molecular formula is C21H20NO6S2+. The molecule has 2 aromatic rings. The van der Waals surface area contributed by atoms with E-state index < -0.39 is 20.2 Å². The lowest BCUT2D eigenvalue weighted by molar-refractivity contribution is -0.558. The predicted molar refractivity (Wildman–Crippen MR) is 113 cm³/mol. The van der Waals surface area contributed by atoms with E-state index in [4.69, 9.17) is 9.11 Å². The fourth-order valence-electron chi connectivity index (χ4n) is 2.92. The first kappa shape index (κ1) is 21.8. The highest BCUT2D eigenvalue weighted by molar-refractivity contribution is 7.86. The topological polar surface area (TPSA) is 112 Å². The molecule has 0 aliphatic heterocycles. The Balaban J connectivity index is 1.92. The van der Waals surface area contributed by atoms with Gasteiger partial charge in [-0.1, -0.05) is 30.8 Å². The summed E-state index contributed by atoms with van der Waals surface area (Å²) in [5, 5.41) is 0. The Morgan fingerprint density at radius 1 is 0.667 bits per heavy atom. The van der Waals surface area contributed by atoms with Crippen LogP contribution in [0, 0.1) is 0 Å². The lowest BCUT2D eigenvalue weighted by Crippen LogP contribution is -2.19. The molecule has 7 nitrogen and oxygen atoms in total. The third kappa shape index (κ3) is 5.61. The Morgan fingerprint density at radius 2 is 1.03 bits per heavy atom. The van der Waals surface area contributed by atoms with Crippen molar-refractivity contribution < 1.29 is 30.5 Å². The fraction of sp³-hybridized carbons (Fsp3) is 0.0952. The van der Waals surface area contributed by atoms with E-state index in [0.29, 0.717) is 13.1 Å². The number of nitrogens with zero attached hydrogens (tertiary/aromatic N) is 1. The normalized spacial score (nSPS) is 14.2. The molecule has 0 amide bonds. The van der Waals surface area contributed by atoms with Crippen molar-refractivity contribution in [2.45, 2.75) is 22.9 Å². The molecule has 0 atom stereocenters. The minimum atomic E-state index is -4.26. The van der Waals surface area contributed by atoms with E-state index in [2.05, 4.69) is 6.58 Å². The molecule has 0 spiro atoms. The van der Waals surface area contributed by atoms with Gasteiger partial charge in [0.1, 0.15) is 0 Å². The molecule has 0 bridgehead atoms. The smallest absolute Gasteiger partial charge is 0.282 e. The van der Waals surface area contributed by atoms with Gasteiger partial charge >= 0.3 is 0 Å². The van der Waals surface area contributed by atoms with Gasteiger partial charge in [0.05, 0.1) is 9.79 Å². The second-order valence-corrected chi connectivity index (χ2v) is 9.60. The summed E-state index contributed by atoms with van der Waals surface area (Å²) in [7, 11) is -8.52. The van der Waals surface area contributed by atoms with Gasteiger partial charge in [-0.05, 0) is 42.0 Å². The van der Waals surface area contributed by atoms with Crippen molar-refractivity contribution in [2.24, 2.45) is 0 Å². The molecule has 9 heteroatoms. The van der Waals surface area contributed by atoms with Crippen molar-refractivity contribution in [3.63, 3.8) is 0 Å². The highest BCUT2D eigenvalue weighted by Crippen LogP contribution is 2.15. The Bertz CT molecular complexity index is 1170. The van der Waals surface area contributed by atoms with Gasteiger partial charge in [0.25, 0.3) is 20.2 Å². The Morgan fingerprint density at radius 3 is 1.37 bits per heavy atom. The highest BCUT2D eigenvalue weighted by atomic mass is 32.2. The number of hydrogen-bond donors (Lipinski definition) is 2. The Kier molecular flexibility index (Phi) is 6.18. The Hall–Kier alpha value is -2.85. The maximum Gasteiger partial charge on any atom is 0.294 e. The average Bonchev–Trinajstić information content (AvgIpc) is 2.67. The third-order valence-electron chi connectivity index (χ3n) is 4.49. The van der Waals surface area contributed by atoms with Gasteiger partial charge in [0.15, 0.2) is 13.1 Å². The summed E-state index contributed by atoms with van der Waals surface area (Å²) in [5.74, 6) is 0. The summed E-state index contributed by atoms with van der Waals surface area (Å²) < 4.78 is 65.2. The number of rotatable bonds is 6. The SMILES string of the molecule is C=C1C=CC(=[N+](Cc2ccc(S(=O)(=O)O)cc2)Cc2ccc(S(=O)(=O)O)cc2)C=C1. The van der Waals surface area contributed by atoms with E-state index in [9.17, 15) is 16.8 Å². The molecule has 0 radical (unpaired) electrons. The lowest BCUT2D eigenvalue weighted by atomic mass is 10.1. The zero-order valence-corrected chi connectivity index (χ0v) is 17.5. The maximum atomic E-state index is 11.2. The molecule has 2 N–H and O–H groups in total. The van der Waals surface area contributed by atoms with E-state index in [1.165, 1.54) is 24.3 Å². The minimum absolute atomic E-state index is 0.181. The van der Waals surface area contributed by atoms with Crippen LogP contribution in [-0.2, 0) is 33.3 Å². The van der Waals surface area contributed by atoms with E-state index in [1.54, 1.807) is 24.3 Å². The van der Waals surface area contributed by atoms with E-state index in [-0.39, 0.29) is 9.79 Å². The summed E-state index contributed by atoms with van der Waals surface area (Å²) in [5.41, 5.74) is 3.38. The number of allylic oxidation sites excluding steroid dienone is 5. The van der Waals surface area contributed by atoms with Crippen LogP contribution < -0.4 is 0 Å². The third-order valence-corrected chi connectivity index (χ3v) is 6.23. The van der Waals surface area contributed by atoms with Crippen LogP contribution in [0.3, 0.4) is 0 Å². The van der Waals surface area contributed by atoms with Crippen LogP contribution in [-0.4, -0.2) is 36.2 Å². The molecule has 0 aromatic heterocycles. The van der Waals surface area contributed by atoms with Crippen LogP contribution in [0.5, 0.6) is 0 Å². The van der Waals surface area contributed by atoms with Crippen LogP contribution in [0.15, 0.2) is 94.8 Å². The van der Waals surface area contributed by atoms with Crippen LogP contribution in [0.1, 0.15) is 11.1 Å². The predicted octanol–water partition coefficient (Wildman–Crippen LogP) is 3.02. The zero-order valence-electron chi connectivity index (χ0n) is 15.8. The Labute approximate surface area is 175 Å². The van der Waals surface area contributed by atoms with Crippen LogP contribution in [0.4, 0.5) is 0 Å². The van der Waals surface area contributed by atoms with Gasteiger partial charge in [-0.2, -0.15) is 16.8 Å². The summed E-state index contributed by atoms with van der Waals surface area (Å²) in [4.78, 5) is -0.361. The largest absolute Gasteiger partial charge is 0.294 e. The molecule has 1 aliphatic rings. The van der Waals surface area contributed by atoms with Gasteiger partial charge in [-0.25, -0.2) is 4.58 Å². The molecule has 3 rings (SSSR count). The first-order valence-electron chi connectivity index (χ1n) is 8.82. The summed E-state index contributed by atoms with van der Waals surface area (Å²) in [6.07, 6.45) is 7.54. The van der Waals surface area contributed by atoms with E-state index in [1.807, 2.05) is 28.9 Å². The number of hydrogen-bond acceptors (Lipinski definition) is 4. The summed E-state index contributed by atoms with van der Waals surface area (Å²) in [6.45, 7) is 4.74. The second kappa shape index (κ2) is 8.49. The van der Waals surface area contributed by atoms with Crippen LogP contribution in [0.25, 0.3) is 0 Å². The fourth-order valence-corrected chi connectivity index (χ4v) is 3.88. The van der Waals surface area contributed by atoms with Gasteiger partial charge < -0.3 is 0 Å². The molecule has 156 valence electrons. The van der Waals surface area contributed by atoms with Crippen LogP contribution >= 0.6 is 0 Å². The molecule has 0 heterocycles. The molecule has 0 fully saturated rings. The molecule has 2 aromatic carbocycles. The second-order valence-electron chi connectivity index (χ2n) is 6.76. The van der Waals surface area contributed by atoms with Gasteiger partial charge in [0.2, 0.25) is 5.71 Å². The molecular weight excluding hydrogens is 426 g/mol.